The van der Waals surface area contributed by atoms with E-state index in [1.165, 1.54) is 24.3 Å². The number of phenolic OH excluding ortho intramolecular Hbond substituents is 1. The Bertz CT molecular complexity index is 875. The van der Waals surface area contributed by atoms with Gasteiger partial charge in [-0.25, -0.2) is 21.6 Å². The summed E-state index contributed by atoms with van der Waals surface area (Å²) < 4.78 is 49.2. The van der Waals surface area contributed by atoms with Gasteiger partial charge in [0, 0.05) is 18.4 Å². The minimum absolute atomic E-state index is 0.0281. The van der Waals surface area contributed by atoms with E-state index in [2.05, 4.69) is 4.72 Å². The van der Waals surface area contributed by atoms with E-state index in [1.54, 1.807) is 18.2 Å². The molecule has 0 radical (unpaired) electrons. The number of phenols is 1. The molecule has 22 heavy (non-hydrogen) atoms. The van der Waals surface area contributed by atoms with E-state index in [1.807, 2.05) is 0 Å². The number of sulfonamides is 1. The van der Waals surface area contributed by atoms with Gasteiger partial charge in [0.1, 0.15) is 5.75 Å². The SMILES string of the molecule is CS(=O)(=O)c1ccc(CNS(=O)(=O)c2ccccc2)c(O)c1. The summed E-state index contributed by atoms with van der Waals surface area (Å²) in [6.45, 7) is -0.146. The predicted octanol–water partition coefficient (Wildman–Crippen LogP) is 1.27. The first-order valence-electron chi connectivity index (χ1n) is 6.27. The third-order valence-electron chi connectivity index (χ3n) is 2.99. The molecule has 0 heterocycles. The first kappa shape index (κ1) is 16.5. The maximum Gasteiger partial charge on any atom is 0.240 e. The Morgan fingerprint density at radius 2 is 1.59 bits per heavy atom. The molecule has 2 aromatic rings. The minimum atomic E-state index is -3.69. The van der Waals surface area contributed by atoms with Crippen LogP contribution in [0, 0.1) is 0 Å². The van der Waals surface area contributed by atoms with Gasteiger partial charge in [-0.05, 0) is 24.3 Å². The largest absolute Gasteiger partial charge is 0.508 e. The lowest BCUT2D eigenvalue weighted by molar-refractivity contribution is 0.465. The Morgan fingerprint density at radius 3 is 2.14 bits per heavy atom. The highest BCUT2D eigenvalue weighted by Crippen LogP contribution is 2.22. The van der Waals surface area contributed by atoms with Gasteiger partial charge in [-0.15, -0.1) is 0 Å². The Labute approximate surface area is 129 Å². The fourth-order valence-corrected chi connectivity index (χ4v) is 3.45. The third kappa shape index (κ3) is 3.85. The van der Waals surface area contributed by atoms with Gasteiger partial charge in [0.2, 0.25) is 10.0 Å². The monoisotopic (exact) mass is 341 g/mol. The molecule has 0 unspecified atom stereocenters. The summed E-state index contributed by atoms with van der Waals surface area (Å²) in [4.78, 5) is 0.0851. The maximum absolute atomic E-state index is 12.1. The first-order valence-corrected chi connectivity index (χ1v) is 9.64. The zero-order chi connectivity index (χ0) is 16.4. The molecule has 0 bridgehead atoms. The van der Waals surface area contributed by atoms with Gasteiger partial charge < -0.3 is 5.11 Å². The number of rotatable bonds is 5. The van der Waals surface area contributed by atoms with E-state index < -0.39 is 19.9 Å². The average Bonchev–Trinajstić information content (AvgIpc) is 2.46. The third-order valence-corrected chi connectivity index (χ3v) is 5.52. The standard InChI is InChI=1S/C14H15NO5S2/c1-21(17,18)13-8-7-11(14(16)9-13)10-15-22(19,20)12-5-3-2-4-6-12/h2-9,15-16H,10H2,1H3. The van der Waals surface area contributed by atoms with Crippen LogP contribution in [0.4, 0.5) is 0 Å². The number of hydrogen-bond acceptors (Lipinski definition) is 5. The van der Waals surface area contributed by atoms with Crippen molar-refractivity contribution in [3.05, 3.63) is 54.1 Å². The van der Waals surface area contributed by atoms with Crippen molar-refractivity contribution < 1.29 is 21.9 Å². The summed E-state index contributed by atoms with van der Waals surface area (Å²) in [5, 5.41) is 9.82. The van der Waals surface area contributed by atoms with Gasteiger partial charge >= 0.3 is 0 Å². The maximum atomic E-state index is 12.1. The first-order chi connectivity index (χ1) is 10.2. The lowest BCUT2D eigenvalue weighted by Crippen LogP contribution is -2.23. The quantitative estimate of drug-likeness (QED) is 0.853. The van der Waals surface area contributed by atoms with E-state index in [0.717, 1.165) is 12.3 Å². The number of nitrogens with one attached hydrogen (secondary N) is 1. The van der Waals surface area contributed by atoms with E-state index in [4.69, 9.17) is 0 Å². The summed E-state index contributed by atoms with van der Waals surface area (Å²) in [7, 11) is -7.12. The summed E-state index contributed by atoms with van der Waals surface area (Å²) >= 11 is 0. The van der Waals surface area contributed by atoms with Crippen LogP contribution in [0.3, 0.4) is 0 Å². The summed E-state index contributed by atoms with van der Waals surface area (Å²) in [6, 6.07) is 11.6. The van der Waals surface area contributed by atoms with E-state index in [-0.39, 0.29) is 27.6 Å². The number of sulfone groups is 1. The average molecular weight is 341 g/mol. The zero-order valence-electron chi connectivity index (χ0n) is 11.7. The Balaban J connectivity index is 2.19. The zero-order valence-corrected chi connectivity index (χ0v) is 13.4. The van der Waals surface area contributed by atoms with Crippen molar-refractivity contribution in [2.45, 2.75) is 16.3 Å². The van der Waals surface area contributed by atoms with Gasteiger partial charge in [0.25, 0.3) is 0 Å². The molecule has 0 aliphatic carbocycles. The van der Waals surface area contributed by atoms with Gasteiger partial charge in [0.15, 0.2) is 9.84 Å². The molecular formula is C14H15NO5S2. The summed E-state index contributed by atoms with van der Waals surface area (Å²) in [6.07, 6.45) is 1.03. The normalized spacial score (nSPS) is 12.2. The minimum Gasteiger partial charge on any atom is -0.508 e. The summed E-state index contributed by atoms with van der Waals surface area (Å²) in [5.41, 5.74) is 0.284. The molecule has 0 aliphatic heterocycles. The highest BCUT2D eigenvalue weighted by molar-refractivity contribution is 7.90. The van der Waals surface area contributed by atoms with Crippen LogP contribution in [-0.4, -0.2) is 28.2 Å². The molecule has 2 N–H and O–H groups in total. The van der Waals surface area contributed by atoms with Crippen molar-refractivity contribution in [3.63, 3.8) is 0 Å². The van der Waals surface area contributed by atoms with Gasteiger partial charge in [0.05, 0.1) is 9.79 Å². The molecule has 2 rings (SSSR count). The highest BCUT2D eigenvalue weighted by Gasteiger charge is 2.15. The van der Waals surface area contributed by atoms with Crippen LogP contribution in [0.2, 0.25) is 0 Å². The van der Waals surface area contributed by atoms with Crippen molar-refractivity contribution in [3.8, 4) is 5.75 Å². The van der Waals surface area contributed by atoms with Crippen LogP contribution in [0.5, 0.6) is 5.75 Å². The van der Waals surface area contributed by atoms with Crippen molar-refractivity contribution >= 4 is 19.9 Å². The molecule has 0 fully saturated rings. The van der Waals surface area contributed by atoms with Crippen molar-refractivity contribution in [2.75, 3.05) is 6.26 Å². The molecule has 0 atom stereocenters. The molecule has 118 valence electrons. The van der Waals surface area contributed by atoms with Gasteiger partial charge in [-0.2, -0.15) is 0 Å². The van der Waals surface area contributed by atoms with Crippen LogP contribution >= 0.6 is 0 Å². The van der Waals surface area contributed by atoms with Crippen molar-refractivity contribution in [1.82, 2.24) is 4.72 Å². The van der Waals surface area contributed by atoms with Crippen LogP contribution in [-0.2, 0) is 26.4 Å². The Morgan fingerprint density at radius 1 is 0.955 bits per heavy atom. The second-order valence-electron chi connectivity index (χ2n) is 4.70. The molecule has 0 aromatic heterocycles. The van der Waals surface area contributed by atoms with E-state index in [0.29, 0.717) is 0 Å². The smallest absolute Gasteiger partial charge is 0.240 e. The molecular weight excluding hydrogens is 326 g/mol. The predicted molar refractivity (Wildman–Crippen MR) is 81.7 cm³/mol. The van der Waals surface area contributed by atoms with Gasteiger partial charge in [-0.3, -0.25) is 0 Å². The van der Waals surface area contributed by atoms with E-state index >= 15 is 0 Å². The van der Waals surface area contributed by atoms with Crippen LogP contribution < -0.4 is 4.72 Å². The van der Waals surface area contributed by atoms with Crippen LogP contribution in [0.25, 0.3) is 0 Å². The summed E-state index contributed by atoms with van der Waals surface area (Å²) in [5.74, 6) is -0.279. The molecule has 2 aromatic carbocycles. The van der Waals surface area contributed by atoms with Crippen LogP contribution in [0.1, 0.15) is 5.56 Å². The highest BCUT2D eigenvalue weighted by atomic mass is 32.2. The lowest BCUT2D eigenvalue weighted by Gasteiger charge is -2.09. The number of hydrogen-bond donors (Lipinski definition) is 2. The van der Waals surface area contributed by atoms with Gasteiger partial charge in [-0.1, -0.05) is 24.3 Å². The molecule has 0 saturated heterocycles. The van der Waals surface area contributed by atoms with Crippen molar-refractivity contribution in [1.29, 1.82) is 0 Å². The molecule has 8 heteroatoms. The molecule has 0 spiro atoms. The Hall–Kier alpha value is -1.90. The molecule has 0 saturated carbocycles. The van der Waals surface area contributed by atoms with Crippen molar-refractivity contribution in [2.24, 2.45) is 0 Å². The topological polar surface area (TPSA) is 101 Å². The number of benzene rings is 2. The number of aromatic hydroxyl groups is 1. The van der Waals surface area contributed by atoms with E-state index in [9.17, 15) is 21.9 Å². The second-order valence-corrected chi connectivity index (χ2v) is 8.48. The molecule has 0 amide bonds. The fraction of sp³-hybridized carbons (Fsp3) is 0.143. The fourth-order valence-electron chi connectivity index (χ4n) is 1.78. The second kappa shape index (κ2) is 6.07. The van der Waals surface area contributed by atoms with Crippen LogP contribution in [0.15, 0.2) is 58.3 Å². The lowest BCUT2D eigenvalue weighted by atomic mass is 10.2. The Kier molecular flexibility index (Phi) is 4.55. The molecule has 0 aliphatic rings. The molecule has 6 nitrogen and oxygen atoms in total.